The van der Waals surface area contributed by atoms with Gasteiger partial charge in [0.25, 0.3) is 0 Å². The summed E-state index contributed by atoms with van der Waals surface area (Å²) in [6, 6.07) is 19.8. The number of benzene rings is 2. The van der Waals surface area contributed by atoms with E-state index in [0.717, 1.165) is 17.8 Å². The number of aromatic nitrogens is 2. The van der Waals surface area contributed by atoms with Gasteiger partial charge in [-0.05, 0) is 52.0 Å². The highest BCUT2D eigenvalue weighted by atomic mass is 15.0. The van der Waals surface area contributed by atoms with E-state index in [-0.39, 0.29) is 10.8 Å². The molecule has 2 nitrogen and oxygen atoms in total. The van der Waals surface area contributed by atoms with E-state index >= 15 is 0 Å². The molecule has 1 fully saturated rings. The molecule has 5 aliphatic rings. The predicted molar refractivity (Wildman–Crippen MR) is 146 cm³/mol. The van der Waals surface area contributed by atoms with Crippen LogP contribution in [-0.2, 0) is 0 Å². The third kappa shape index (κ3) is 2.17. The molecule has 170 valence electrons. The second kappa shape index (κ2) is 6.33. The van der Waals surface area contributed by atoms with E-state index in [1.807, 2.05) is 6.20 Å². The molecule has 1 saturated carbocycles. The van der Waals surface area contributed by atoms with Crippen molar-refractivity contribution in [1.29, 1.82) is 0 Å². The number of hydrogen-bond acceptors (Lipinski definition) is 1. The number of imidazole rings is 1. The van der Waals surface area contributed by atoms with E-state index in [0.29, 0.717) is 5.92 Å². The third-order valence-electron chi connectivity index (χ3n) is 9.40. The van der Waals surface area contributed by atoms with Crippen molar-refractivity contribution in [2.24, 2.45) is 16.7 Å². The van der Waals surface area contributed by atoms with Crippen LogP contribution in [0.5, 0.6) is 0 Å². The highest BCUT2D eigenvalue weighted by molar-refractivity contribution is 5.89. The van der Waals surface area contributed by atoms with Gasteiger partial charge in [-0.1, -0.05) is 103 Å². The van der Waals surface area contributed by atoms with Crippen molar-refractivity contribution in [1.82, 2.24) is 9.38 Å². The summed E-state index contributed by atoms with van der Waals surface area (Å²) in [5.74, 6) is 0.599. The van der Waals surface area contributed by atoms with Crippen molar-refractivity contribution in [3.63, 3.8) is 0 Å². The Morgan fingerprint density at radius 3 is 2.67 bits per heavy atom. The van der Waals surface area contributed by atoms with Crippen molar-refractivity contribution in [3.05, 3.63) is 138 Å². The minimum Gasteiger partial charge on any atom is -0.299 e. The molecule has 2 aromatic carbocycles. The molecule has 2 aromatic heterocycles. The molecule has 36 heavy (non-hydrogen) atoms. The first-order valence-corrected chi connectivity index (χ1v) is 12.9. The highest BCUT2D eigenvalue weighted by Crippen LogP contribution is 2.77. The molecule has 3 unspecified atom stereocenters. The third-order valence-corrected chi connectivity index (χ3v) is 9.40. The van der Waals surface area contributed by atoms with Gasteiger partial charge >= 0.3 is 0 Å². The number of pyridine rings is 1. The minimum absolute atomic E-state index is 0.162. The van der Waals surface area contributed by atoms with Gasteiger partial charge in [0.05, 0.1) is 11.9 Å². The summed E-state index contributed by atoms with van der Waals surface area (Å²) in [5.41, 5.74) is 11.1. The summed E-state index contributed by atoms with van der Waals surface area (Å²) in [5, 5.41) is 2.45. The molecular weight excluding hydrogens is 436 g/mol. The Hall–Kier alpha value is -4.17. The van der Waals surface area contributed by atoms with Crippen molar-refractivity contribution < 1.29 is 0 Å². The van der Waals surface area contributed by atoms with Crippen molar-refractivity contribution in [3.8, 4) is 11.3 Å². The molecule has 0 amide bonds. The summed E-state index contributed by atoms with van der Waals surface area (Å²) in [6.45, 7) is 0. The zero-order valence-corrected chi connectivity index (χ0v) is 19.9. The van der Waals surface area contributed by atoms with Gasteiger partial charge < -0.3 is 0 Å². The van der Waals surface area contributed by atoms with Gasteiger partial charge in [0.2, 0.25) is 0 Å². The largest absolute Gasteiger partial charge is 0.299 e. The average molecular weight is 461 g/mol. The van der Waals surface area contributed by atoms with E-state index in [1.165, 1.54) is 39.5 Å². The summed E-state index contributed by atoms with van der Waals surface area (Å²) in [7, 11) is 0. The Labute approximate surface area is 210 Å². The first-order valence-electron chi connectivity index (χ1n) is 12.9. The van der Waals surface area contributed by atoms with E-state index in [4.69, 9.17) is 4.98 Å². The summed E-state index contributed by atoms with van der Waals surface area (Å²) >= 11 is 0. The van der Waals surface area contributed by atoms with Gasteiger partial charge in [-0.15, -0.1) is 0 Å². The first kappa shape index (κ1) is 19.1. The molecule has 9 rings (SSSR count). The Balaban J connectivity index is 1.13. The van der Waals surface area contributed by atoms with Gasteiger partial charge in [-0.25, -0.2) is 4.98 Å². The van der Waals surface area contributed by atoms with Crippen LogP contribution in [0.4, 0.5) is 0 Å². The Morgan fingerprint density at radius 2 is 1.75 bits per heavy atom. The molecule has 0 radical (unpaired) electrons. The zero-order valence-electron chi connectivity index (χ0n) is 19.9. The number of hydrogen-bond donors (Lipinski definition) is 0. The molecular formula is C34H24N2. The Kier molecular flexibility index (Phi) is 3.35. The lowest BCUT2D eigenvalue weighted by Gasteiger charge is -2.69. The molecule has 1 spiro atoms. The van der Waals surface area contributed by atoms with Gasteiger partial charge in [0, 0.05) is 28.5 Å². The van der Waals surface area contributed by atoms with Gasteiger partial charge in [-0.2, -0.15) is 0 Å². The molecule has 5 aliphatic carbocycles. The van der Waals surface area contributed by atoms with Crippen LogP contribution in [-0.4, -0.2) is 9.38 Å². The molecule has 0 N–H and O–H groups in total. The normalized spacial score (nSPS) is 28.7. The second-order valence-electron chi connectivity index (χ2n) is 11.0. The maximum absolute atomic E-state index is 4.70. The second-order valence-corrected chi connectivity index (χ2v) is 11.0. The quantitative estimate of drug-likeness (QED) is 0.297. The topological polar surface area (TPSA) is 17.3 Å². The van der Waals surface area contributed by atoms with E-state index in [1.54, 1.807) is 11.1 Å². The first-order chi connectivity index (χ1) is 17.8. The molecule has 2 heterocycles. The fraction of sp³-hybridized carbons (Fsp3) is 0.147. The maximum atomic E-state index is 4.70. The van der Waals surface area contributed by atoms with Crippen molar-refractivity contribution in [2.45, 2.75) is 12.8 Å². The van der Waals surface area contributed by atoms with Crippen LogP contribution in [0, 0.1) is 16.7 Å². The van der Waals surface area contributed by atoms with E-state index in [2.05, 4.69) is 114 Å². The lowest BCUT2D eigenvalue weighted by Crippen LogP contribution is -2.61. The number of allylic oxidation sites excluding steroid dienone is 12. The van der Waals surface area contributed by atoms with Crippen LogP contribution in [0.25, 0.3) is 33.3 Å². The van der Waals surface area contributed by atoms with Crippen LogP contribution >= 0.6 is 0 Å². The highest BCUT2D eigenvalue weighted by Gasteiger charge is 2.68. The minimum atomic E-state index is 0.162. The van der Waals surface area contributed by atoms with Crippen LogP contribution < -0.4 is 0 Å². The van der Waals surface area contributed by atoms with Gasteiger partial charge in [0.15, 0.2) is 0 Å². The lowest BCUT2D eigenvalue weighted by molar-refractivity contribution is 0.0101. The lowest BCUT2D eigenvalue weighted by atomic mass is 9.33. The SMILES string of the molecule is C1=CC23C=CC4=CC=C(c5ccc(-c6cnc7cc8ccccc8cn67)cc5)C5=CCC(=C1)C2C45C3. The Morgan fingerprint density at radius 1 is 0.889 bits per heavy atom. The zero-order chi connectivity index (χ0) is 23.5. The fourth-order valence-corrected chi connectivity index (χ4v) is 7.90. The van der Waals surface area contributed by atoms with Gasteiger partial charge in [-0.3, -0.25) is 4.40 Å². The maximum Gasteiger partial charge on any atom is 0.137 e. The van der Waals surface area contributed by atoms with Gasteiger partial charge in [0.1, 0.15) is 5.65 Å². The standard InChI is InChI=1S/C34H24N2/c1-2-5-26-20-36-30(19-35-31(36)18-25(26)4-1)23-9-7-22(8-10-23)28-13-12-27-15-17-33-16-3-6-24-11-14-29(28)34(27,21-33)32(24)33/h1-10,12-20,32H,11,21H2. The molecule has 0 saturated heterocycles. The smallest absolute Gasteiger partial charge is 0.137 e. The van der Waals surface area contributed by atoms with Crippen molar-refractivity contribution >= 4 is 22.0 Å². The molecule has 2 bridgehead atoms. The average Bonchev–Trinajstić information content (AvgIpc) is 3.32. The molecule has 0 aliphatic heterocycles. The van der Waals surface area contributed by atoms with Crippen LogP contribution in [0.15, 0.2) is 132 Å². The van der Waals surface area contributed by atoms with E-state index in [9.17, 15) is 0 Å². The molecule has 2 heteroatoms. The summed E-state index contributed by atoms with van der Waals surface area (Å²) in [4.78, 5) is 4.70. The van der Waals surface area contributed by atoms with Crippen LogP contribution in [0.1, 0.15) is 18.4 Å². The Bertz CT molecular complexity index is 1840. The van der Waals surface area contributed by atoms with Crippen molar-refractivity contribution in [2.75, 3.05) is 0 Å². The summed E-state index contributed by atoms with van der Waals surface area (Å²) < 4.78 is 2.21. The fourth-order valence-electron chi connectivity index (χ4n) is 7.90. The number of nitrogens with zero attached hydrogens (tertiary/aromatic N) is 2. The monoisotopic (exact) mass is 460 g/mol. The molecule has 4 aromatic rings. The predicted octanol–water partition coefficient (Wildman–Crippen LogP) is 7.87. The van der Waals surface area contributed by atoms with Crippen LogP contribution in [0.2, 0.25) is 0 Å². The van der Waals surface area contributed by atoms with Crippen LogP contribution in [0.3, 0.4) is 0 Å². The number of fused-ring (bicyclic) bond motifs is 2. The molecule has 3 atom stereocenters. The summed E-state index contributed by atoms with van der Waals surface area (Å²) in [6.07, 6.45) is 25.7. The number of rotatable bonds is 2. The van der Waals surface area contributed by atoms with E-state index < -0.39 is 0 Å².